The van der Waals surface area contributed by atoms with E-state index in [1.54, 1.807) is 7.11 Å². The molecule has 150 valence electrons. The second-order valence-electron chi connectivity index (χ2n) is 7.49. The molecule has 2 aliphatic rings. The molecule has 0 atom stereocenters. The lowest BCUT2D eigenvalue weighted by molar-refractivity contribution is 0.0389. The molecular weight excluding hydrogens is 340 g/mol. The third-order valence-electron chi connectivity index (χ3n) is 5.88. The summed E-state index contributed by atoms with van der Waals surface area (Å²) in [7, 11) is 3.61. The monoisotopic (exact) mass is 374 g/mol. The third kappa shape index (κ3) is 5.14. The van der Waals surface area contributed by atoms with Crippen LogP contribution in [0.25, 0.3) is 0 Å². The number of hydrogen-bond donors (Lipinski definition) is 2. The van der Waals surface area contributed by atoms with Crippen LogP contribution >= 0.6 is 0 Å². The van der Waals surface area contributed by atoms with Gasteiger partial charge in [-0.25, -0.2) is 0 Å². The summed E-state index contributed by atoms with van der Waals surface area (Å²) in [5.74, 6) is 1.88. The molecule has 0 bridgehead atoms. The van der Waals surface area contributed by atoms with Crippen molar-refractivity contribution >= 4 is 5.96 Å². The fourth-order valence-electron chi connectivity index (χ4n) is 4.31. The highest BCUT2D eigenvalue weighted by molar-refractivity contribution is 5.79. The first kappa shape index (κ1) is 20.0. The lowest BCUT2D eigenvalue weighted by Gasteiger charge is -2.32. The maximum absolute atomic E-state index is 5.66. The van der Waals surface area contributed by atoms with Gasteiger partial charge in [0.2, 0.25) is 0 Å². The summed E-state index contributed by atoms with van der Waals surface area (Å²) in [6, 6.07) is 8.46. The molecule has 2 fully saturated rings. The van der Waals surface area contributed by atoms with Crippen molar-refractivity contribution in [3.63, 3.8) is 0 Å². The zero-order valence-corrected chi connectivity index (χ0v) is 16.8. The van der Waals surface area contributed by atoms with Crippen molar-refractivity contribution in [2.45, 2.75) is 31.1 Å². The van der Waals surface area contributed by atoms with E-state index >= 15 is 0 Å². The van der Waals surface area contributed by atoms with E-state index in [-0.39, 0.29) is 5.41 Å². The highest BCUT2D eigenvalue weighted by Gasteiger charge is 2.37. The largest absolute Gasteiger partial charge is 0.496 e. The number of hydrogen-bond acceptors (Lipinski definition) is 4. The average Bonchev–Trinajstić information content (AvgIpc) is 3.21. The number of guanidine groups is 1. The second-order valence-corrected chi connectivity index (χ2v) is 7.49. The molecule has 6 heteroatoms. The summed E-state index contributed by atoms with van der Waals surface area (Å²) < 4.78 is 11.1. The highest BCUT2D eigenvalue weighted by Crippen LogP contribution is 2.44. The molecule has 1 saturated carbocycles. The smallest absolute Gasteiger partial charge is 0.191 e. The number of rotatable bonds is 7. The van der Waals surface area contributed by atoms with Gasteiger partial charge in [0.15, 0.2) is 5.96 Å². The van der Waals surface area contributed by atoms with E-state index in [9.17, 15) is 0 Å². The first-order valence-corrected chi connectivity index (χ1v) is 10.2. The fourth-order valence-corrected chi connectivity index (χ4v) is 4.31. The Bertz CT molecular complexity index is 608. The zero-order valence-electron chi connectivity index (χ0n) is 16.8. The van der Waals surface area contributed by atoms with E-state index in [1.807, 2.05) is 13.1 Å². The minimum Gasteiger partial charge on any atom is -0.496 e. The highest BCUT2D eigenvalue weighted by atomic mass is 16.5. The van der Waals surface area contributed by atoms with E-state index in [2.05, 4.69) is 38.7 Å². The van der Waals surface area contributed by atoms with Crippen LogP contribution in [0.2, 0.25) is 0 Å². The Morgan fingerprint density at radius 1 is 1.19 bits per heavy atom. The summed E-state index contributed by atoms with van der Waals surface area (Å²) in [6.45, 7) is 6.51. The van der Waals surface area contributed by atoms with Crippen LogP contribution in [0.1, 0.15) is 31.2 Å². The summed E-state index contributed by atoms with van der Waals surface area (Å²) in [6.07, 6.45) is 4.90. The maximum Gasteiger partial charge on any atom is 0.191 e. The number of benzene rings is 1. The number of para-hydroxylation sites is 1. The Kier molecular flexibility index (Phi) is 7.35. The molecule has 1 aliphatic heterocycles. The fraction of sp³-hybridized carbons (Fsp3) is 0.667. The van der Waals surface area contributed by atoms with Crippen molar-refractivity contribution in [3.8, 4) is 5.75 Å². The molecule has 0 aromatic heterocycles. The van der Waals surface area contributed by atoms with Crippen LogP contribution < -0.4 is 15.4 Å². The number of methoxy groups -OCH3 is 1. The minimum atomic E-state index is 0.119. The van der Waals surface area contributed by atoms with Crippen LogP contribution in [0.15, 0.2) is 29.3 Å². The van der Waals surface area contributed by atoms with E-state index in [0.29, 0.717) is 0 Å². The van der Waals surface area contributed by atoms with Gasteiger partial charge in [-0.2, -0.15) is 0 Å². The van der Waals surface area contributed by atoms with Gasteiger partial charge in [-0.05, 0) is 18.9 Å². The van der Waals surface area contributed by atoms with Gasteiger partial charge in [0.25, 0.3) is 0 Å². The van der Waals surface area contributed by atoms with Crippen LogP contribution in [0.5, 0.6) is 5.75 Å². The molecule has 1 aromatic carbocycles. The number of nitrogens with one attached hydrogen (secondary N) is 2. The van der Waals surface area contributed by atoms with E-state index < -0.39 is 0 Å². The van der Waals surface area contributed by atoms with Crippen molar-refractivity contribution in [2.75, 3.05) is 60.1 Å². The van der Waals surface area contributed by atoms with E-state index in [0.717, 1.165) is 57.6 Å². The van der Waals surface area contributed by atoms with Crippen molar-refractivity contribution in [3.05, 3.63) is 29.8 Å². The van der Waals surface area contributed by atoms with Gasteiger partial charge in [0.05, 0.1) is 20.3 Å². The molecule has 27 heavy (non-hydrogen) atoms. The molecule has 1 saturated heterocycles. The Hall–Kier alpha value is -1.79. The lowest BCUT2D eigenvalue weighted by Crippen LogP contribution is -2.47. The molecule has 0 radical (unpaired) electrons. The molecule has 6 nitrogen and oxygen atoms in total. The molecule has 1 aromatic rings. The molecule has 1 aliphatic carbocycles. The Labute approximate surface area is 163 Å². The van der Waals surface area contributed by atoms with Crippen molar-refractivity contribution in [1.29, 1.82) is 0 Å². The normalized spacial score (nSPS) is 20.4. The van der Waals surface area contributed by atoms with Crippen LogP contribution in [0.4, 0.5) is 0 Å². The first-order chi connectivity index (χ1) is 13.3. The Morgan fingerprint density at radius 3 is 2.63 bits per heavy atom. The topological polar surface area (TPSA) is 58.1 Å². The summed E-state index contributed by atoms with van der Waals surface area (Å²) in [5.41, 5.74) is 1.44. The number of aliphatic imine (C=N–C) groups is 1. The molecule has 3 rings (SSSR count). The van der Waals surface area contributed by atoms with E-state index in [4.69, 9.17) is 9.47 Å². The third-order valence-corrected chi connectivity index (χ3v) is 5.88. The number of morpholine rings is 1. The van der Waals surface area contributed by atoms with Crippen molar-refractivity contribution in [2.24, 2.45) is 4.99 Å². The molecule has 0 unspecified atom stereocenters. The molecule has 0 spiro atoms. The SMILES string of the molecule is CN=C(NCCN1CCOCC1)NCC1(c2ccccc2OC)CCCC1. The quantitative estimate of drug-likeness (QED) is 0.565. The Morgan fingerprint density at radius 2 is 1.93 bits per heavy atom. The molecular formula is C21H34N4O2. The van der Waals surface area contributed by atoms with Gasteiger partial charge < -0.3 is 20.1 Å². The van der Waals surface area contributed by atoms with Crippen LogP contribution in [0, 0.1) is 0 Å². The Balaban J connectivity index is 1.56. The van der Waals surface area contributed by atoms with Gasteiger partial charge >= 0.3 is 0 Å². The molecule has 1 heterocycles. The second kappa shape index (κ2) is 9.95. The summed E-state index contributed by atoms with van der Waals surface area (Å²) in [4.78, 5) is 6.85. The summed E-state index contributed by atoms with van der Waals surface area (Å²) >= 11 is 0. The zero-order chi connectivity index (χ0) is 19.0. The average molecular weight is 375 g/mol. The van der Waals surface area contributed by atoms with Gasteiger partial charge in [-0.3, -0.25) is 9.89 Å². The van der Waals surface area contributed by atoms with Gasteiger partial charge in [-0.1, -0.05) is 31.0 Å². The van der Waals surface area contributed by atoms with E-state index in [1.165, 1.54) is 31.2 Å². The minimum absolute atomic E-state index is 0.119. The van der Waals surface area contributed by atoms with Gasteiger partial charge in [0, 0.05) is 50.7 Å². The van der Waals surface area contributed by atoms with Crippen molar-refractivity contribution in [1.82, 2.24) is 15.5 Å². The van der Waals surface area contributed by atoms with Gasteiger partial charge in [0.1, 0.15) is 5.75 Å². The standard InChI is InChI=1S/C21H34N4O2/c1-22-20(23-11-12-25-13-15-27-16-14-25)24-17-21(9-5-6-10-21)18-7-3-4-8-19(18)26-2/h3-4,7-8H,5-6,9-17H2,1-2H3,(H2,22,23,24). The summed E-state index contributed by atoms with van der Waals surface area (Å²) in [5, 5.41) is 7.04. The predicted molar refractivity (Wildman–Crippen MR) is 110 cm³/mol. The number of ether oxygens (including phenoxy) is 2. The maximum atomic E-state index is 5.66. The van der Waals surface area contributed by atoms with Crippen LogP contribution in [0.3, 0.4) is 0 Å². The van der Waals surface area contributed by atoms with Crippen LogP contribution in [-0.2, 0) is 10.2 Å². The number of nitrogens with zero attached hydrogens (tertiary/aromatic N) is 2. The van der Waals surface area contributed by atoms with Crippen molar-refractivity contribution < 1.29 is 9.47 Å². The lowest BCUT2D eigenvalue weighted by atomic mass is 9.78. The first-order valence-electron chi connectivity index (χ1n) is 10.2. The van der Waals surface area contributed by atoms with Crippen LogP contribution in [-0.4, -0.2) is 71.0 Å². The molecule has 2 N–H and O–H groups in total. The predicted octanol–water partition coefficient (Wildman–Crippen LogP) is 2.00. The molecule has 0 amide bonds. The van der Waals surface area contributed by atoms with Gasteiger partial charge in [-0.15, -0.1) is 0 Å².